The summed E-state index contributed by atoms with van der Waals surface area (Å²) < 4.78 is 0. The van der Waals surface area contributed by atoms with E-state index in [4.69, 9.17) is 0 Å². The number of hydrogen-bond acceptors (Lipinski definition) is 4. The molecule has 1 aliphatic heterocycles. The van der Waals surface area contributed by atoms with Gasteiger partial charge in [0.25, 0.3) is 5.91 Å². The Labute approximate surface area is 153 Å². The van der Waals surface area contributed by atoms with E-state index in [0.29, 0.717) is 11.5 Å². The molecule has 1 fully saturated rings. The van der Waals surface area contributed by atoms with E-state index in [2.05, 4.69) is 39.4 Å². The number of rotatable bonds is 3. The van der Waals surface area contributed by atoms with Crippen molar-refractivity contribution in [1.29, 1.82) is 0 Å². The molecule has 0 unspecified atom stereocenters. The number of carbonyl (C=O) groups excluding carboxylic acids is 1. The first-order chi connectivity index (χ1) is 12.8. The largest absolute Gasteiger partial charge is 0.339 e. The van der Waals surface area contributed by atoms with E-state index in [0.717, 1.165) is 44.3 Å². The number of aromatic nitrogens is 3. The molecule has 1 aromatic carbocycles. The molecule has 1 aliphatic rings. The lowest BCUT2D eigenvalue weighted by Crippen LogP contribution is -2.32. The third-order valence-electron chi connectivity index (χ3n) is 5.21. The molecule has 5 heteroatoms. The minimum atomic E-state index is 0.0647. The zero-order valence-electron chi connectivity index (χ0n) is 14.7. The summed E-state index contributed by atoms with van der Waals surface area (Å²) in [6, 6.07) is 12.3. The number of benzene rings is 1. The van der Waals surface area contributed by atoms with Gasteiger partial charge in [-0.25, -0.2) is 0 Å². The number of pyridine rings is 1. The molecule has 1 amide bonds. The topological polar surface area (TPSA) is 59.0 Å². The van der Waals surface area contributed by atoms with Crippen LogP contribution in [0.4, 0.5) is 0 Å². The summed E-state index contributed by atoms with van der Waals surface area (Å²) in [5, 5.41) is 8.82. The molecule has 3 aromatic rings. The minimum Gasteiger partial charge on any atom is -0.339 e. The van der Waals surface area contributed by atoms with Crippen LogP contribution in [0.3, 0.4) is 0 Å². The van der Waals surface area contributed by atoms with Gasteiger partial charge in [0.1, 0.15) is 0 Å². The fourth-order valence-electron chi connectivity index (χ4n) is 3.83. The van der Waals surface area contributed by atoms with Gasteiger partial charge < -0.3 is 4.90 Å². The monoisotopic (exact) mass is 346 g/mol. The molecule has 1 saturated heterocycles. The summed E-state index contributed by atoms with van der Waals surface area (Å²) in [7, 11) is 0. The molecule has 0 aliphatic carbocycles. The zero-order chi connectivity index (χ0) is 17.8. The maximum absolute atomic E-state index is 12.6. The first-order valence-electron chi connectivity index (χ1n) is 9.20. The Bertz CT molecular complexity index is 891. The van der Waals surface area contributed by atoms with Crippen molar-refractivity contribution in [1.82, 2.24) is 20.1 Å². The molecular formula is C21H22N4O. The van der Waals surface area contributed by atoms with Gasteiger partial charge in [-0.15, -0.1) is 0 Å². The van der Waals surface area contributed by atoms with Gasteiger partial charge in [-0.2, -0.15) is 10.2 Å². The van der Waals surface area contributed by atoms with Crippen molar-refractivity contribution in [2.24, 2.45) is 5.92 Å². The maximum Gasteiger partial charge on any atom is 0.255 e. The molecule has 0 radical (unpaired) electrons. The molecule has 1 atom stereocenters. The van der Waals surface area contributed by atoms with Crippen molar-refractivity contribution >= 4 is 16.8 Å². The Balaban J connectivity index is 1.45. The highest BCUT2D eigenvalue weighted by molar-refractivity contribution is 5.93. The normalized spacial score (nSPS) is 17.8. The van der Waals surface area contributed by atoms with E-state index in [1.54, 1.807) is 18.5 Å². The van der Waals surface area contributed by atoms with Crippen molar-refractivity contribution in [3.05, 3.63) is 66.1 Å². The third kappa shape index (κ3) is 3.57. The average molecular weight is 346 g/mol. The van der Waals surface area contributed by atoms with E-state index in [-0.39, 0.29) is 5.91 Å². The van der Waals surface area contributed by atoms with Crippen LogP contribution in [0.15, 0.2) is 55.0 Å². The highest BCUT2D eigenvalue weighted by Gasteiger charge is 2.22. The number of nitrogens with zero attached hydrogens (tertiary/aromatic N) is 4. The summed E-state index contributed by atoms with van der Waals surface area (Å²) >= 11 is 0. The average Bonchev–Trinajstić information content (AvgIpc) is 2.94. The van der Waals surface area contributed by atoms with Gasteiger partial charge in [0.15, 0.2) is 0 Å². The van der Waals surface area contributed by atoms with Crippen molar-refractivity contribution in [3.8, 4) is 0 Å². The van der Waals surface area contributed by atoms with Gasteiger partial charge >= 0.3 is 0 Å². The molecule has 5 nitrogen and oxygen atoms in total. The van der Waals surface area contributed by atoms with Crippen LogP contribution in [0.5, 0.6) is 0 Å². The number of amides is 1. The second kappa shape index (κ2) is 7.60. The second-order valence-corrected chi connectivity index (χ2v) is 6.91. The second-order valence-electron chi connectivity index (χ2n) is 6.91. The van der Waals surface area contributed by atoms with Crippen LogP contribution >= 0.6 is 0 Å². The van der Waals surface area contributed by atoms with Crippen LogP contribution in [0.1, 0.15) is 35.2 Å². The molecule has 2 aromatic heterocycles. The quantitative estimate of drug-likeness (QED) is 0.728. The van der Waals surface area contributed by atoms with Gasteiger partial charge in [-0.3, -0.25) is 9.78 Å². The van der Waals surface area contributed by atoms with Gasteiger partial charge in [0.2, 0.25) is 0 Å². The number of likely N-dealkylation sites (tertiary alicyclic amines) is 1. The lowest BCUT2D eigenvalue weighted by Gasteiger charge is -2.20. The van der Waals surface area contributed by atoms with Crippen molar-refractivity contribution in [2.75, 3.05) is 13.1 Å². The van der Waals surface area contributed by atoms with Gasteiger partial charge in [-0.1, -0.05) is 18.2 Å². The lowest BCUT2D eigenvalue weighted by molar-refractivity contribution is 0.0759. The van der Waals surface area contributed by atoms with Crippen molar-refractivity contribution in [2.45, 2.75) is 25.7 Å². The van der Waals surface area contributed by atoms with Crippen molar-refractivity contribution in [3.63, 3.8) is 0 Å². The van der Waals surface area contributed by atoms with E-state index >= 15 is 0 Å². The fraction of sp³-hybridized carbons (Fsp3) is 0.333. The van der Waals surface area contributed by atoms with Gasteiger partial charge in [-0.05, 0) is 55.4 Å². The molecule has 0 saturated carbocycles. The van der Waals surface area contributed by atoms with Crippen LogP contribution < -0.4 is 0 Å². The smallest absolute Gasteiger partial charge is 0.255 e. The molecule has 0 N–H and O–H groups in total. The summed E-state index contributed by atoms with van der Waals surface area (Å²) in [5.41, 5.74) is 3.04. The van der Waals surface area contributed by atoms with Crippen LogP contribution in [-0.2, 0) is 6.42 Å². The molecule has 26 heavy (non-hydrogen) atoms. The Morgan fingerprint density at radius 2 is 2.00 bits per heavy atom. The molecule has 0 spiro atoms. The Morgan fingerprint density at radius 3 is 2.88 bits per heavy atom. The Morgan fingerprint density at radius 1 is 1.04 bits per heavy atom. The lowest BCUT2D eigenvalue weighted by atomic mass is 9.91. The van der Waals surface area contributed by atoms with Crippen LogP contribution in [0.2, 0.25) is 0 Å². The predicted octanol–water partition coefficient (Wildman–Crippen LogP) is 3.51. The van der Waals surface area contributed by atoms with Crippen LogP contribution in [0, 0.1) is 5.92 Å². The summed E-state index contributed by atoms with van der Waals surface area (Å²) in [6.07, 6.45) is 9.22. The Kier molecular flexibility index (Phi) is 4.86. The highest BCUT2D eigenvalue weighted by Crippen LogP contribution is 2.26. The van der Waals surface area contributed by atoms with E-state index in [1.165, 1.54) is 10.9 Å². The minimum absolute atomic E-state index is 0.0647. The predicted molar refractivity (Wildman–Crippen MR) is 101 cm³/mol. The van der Waals surface area contributed by atoms with E-state index < -0.39 is 0 Å². The third-order valence-corrected chi connectivity index (χ3v) is 5.21. The first kappa shape index (κ1) is 16.6. The van der Waals surface area contributed by atoms with Gasteiger partial charge in [0, 0.05) is 24.7 Å². The fourth-order valence-corrected chi connectivity index (χ4v) is 3.83. The molecule has 0 bridgehead atoms. The SMILES string of the molecule is O=C(c1ccnnc1)N1CCC[C@H](Cc2cccc3ncccc23)CC1. The Hall–Kier alpha value is -2.82. The summed E-state index contributed by atoms with van der Waals surface area (Å²) in [4.78, 5) is 19.1. The van der Waals surface area contributed by atoms with E-state index in [1.807, 2.05) is 17.2 Å². The number of carbonyl (C=O) groups is 1. The first-order valence-corrected chi connectivity index (χ1v) is 9.20. The molecule has 132 valence electrons. The number of hydrogen-bond donors (Lipinski definition) is 0. The standard InChI is InChI=1S/C21H22N4O/c26-21(18-8-11-23-24-15-18)25-12-3-4-16(9-13-25)14-17-5-1-7-20-19(17)6-2-10-22-20/h1-2,5-8,10-11,15-16H,3-4,9,12-14H2/t16-/m0/s1. The summed E-state index contributed by atoms with van der Waals surface area (Å²) in [5.74, 6) is 0.657. The zero-order valence-corrected chi connectivity index (χ0v) is 14.7. The number of fused-ring (bicyclic) bond motifs is 1. The molecule has 4 rings (SSSR count). The van der Waals surface area contributed by atoms with Crippen molar-refractivity contribution < 1.29 is 4.79 Å². The summed E-state index contributed by atoms with van der Waals surface area (Å²) in [6.45, 7) is 1.61. The highest BCUT2D eigenvalue weighted by atomic mass is 16.2. The van der Waals surface area contributed by atoms with E-state index in [9.17, 15) is 4.79 Å². The molecular weight excluding hydrogens is 324 g/mol. The van der Waals surface area contributed by atoms with Gasteiger partial charge in [0.05, 0.1) is 23.5 Å². The maximum atomic E-state index is 12.6. The van der Waals surface area contributed by atoms with Crippen LogP contribution in [-0.4, -0.2) is 39.1 Å². The molecule has 3 heterocycles. The van der Waals surface area contributed by atoms with Crippen LogP contribution in [0.25, 0.3) is 10.9 Å².